The van der Waals surface area contributed by atoms with Crippen LogP contribution >= 0.6 is 0 Å². The molecule has 1 aliphatic rings. The molecule has 3 nitrogen and oxygen atoms in total. The number of hydrogen-bond acceptors (Lipinski definition) is 3. The van der Waals surface area contributed by atoms with Gasteiger partial charge < -0.3 is 0 Å². The van der Waals surface area contributed by atoms with Crippen LogP contribution in [0.2, 0.25) is 0 Å². The van der Waals surface area contributed by atoms with E-state index < -0.39 is 0 Å². The van der Waals surface area contributed by atoms with Crippen molar-refractivity contribution in [2.75, 3.05) is 0 Å². The minimum Gasteiger partial charge on any atom is -0.271 e. The molecule has 2 unspecified atom stereocenters. The molecule has 104 valence electrons. The van der Waals surface area contributed by atoms with E-state index in [0.29, 0.717) is 5.92 Å². The molecule has 1 aromatic heterocycles. The van der Waals surface area contributed by atoms with Crippen LogP contribution in [0, 0.1) is 0 Å². The number of aryl methyl sites for hydroxylation is 1. The third-order valence-electron chi connectivity index (χ3n) is 4.32. The Kier molecular flexibility index (Phi) is 4.09. The van der Waals surface area contributed by atoms with E-state index in [-0.39, 0.29) is 6.04 Å². The third kappa shape index (κ3) is 2.74. The Hall–Kier alpha value is -1.71. The van der Waals surface area contributed by atoms with Gasteiger partial charge in [-0.05, 0) is 60.4 Å². The number of rotatable bonds is 4. The van der Waals surface area contributed by atoms with Crippen LogP contribution in [-0.2, 0) is 6.42 Å². The minimum absolute atomic E-state index is 0.189. The molecule has 2 atom stereocenters. The lowest BCUT2D eigenvalue weighted by molar-refractivity contribution is 0.425. The topological polar surface area (TPSA) is 50.9 Å². The second-order valence-corrected chi connectivity index (χ2v) is 5.52. The van der Waals surface area contributed by atoms with Crippen molar-refractivity contribution in [3.63, 3.8) is 0 Å². The van der Waals surface area contributed by atoms with Gasteiger partial charge in [0.2, 0.25) is 0 Å². The molecule has 3 N–H and O–H groups in total. The van der Waals surface area contributed by atoms with Crippen LogP contribution in [0.4, 0.5) is 0 Å². The normalized spacial score (nSPS) is 19.4. The molecule has 0 aliphatic heterocycles. The van der Waals surface area contributed by atoms with Crippen molar-refractivity contribution in [3.8, 4) is 0 Å². The smallest absolute Gasteiger partial charge is 0.0466 e. The lowest BCUT2D eigenvalue weighted by Crippen LogP contribution is -2.30. The van der Waals surface area contributed by atoms with E-state index in [1.54, 1.807) is 0 Å². The molecule has 0 bridgehead atoms. The summed E-state index contributed by atoms with van der Waals surface area (Å²) in [6.45, 7) is 0. The van der Waals surface area contributed by atoms with Crippen molar-refractivity contribution >= 4 is 0 Å². The molecule has 3 rings (SSSR count). The Balaban J connectivity index is 1.81. The van der Waals surface area contributed by atoms with Gasteiger partial charge in [-0.3, -0.25) is 16.3 Å². The first-order valence-electron chi connectivity index (χ1n) is 7.32. The molecule has 0 spiro atoms. The fourth-order valence-electron chi connectivity index (χ4n) is 3.28. The van der Waals surface area contributed by atoms with Gasteiger partial charge in [-0.2, -0.15) is 0 Å². The van der Waals surface area contributed by atoms with E-state index in [1.165, 1.54) is 36.0 Å². The Morgan fingerprint density at radius 3 is 2.80 bits per heavy atom. The maximum Gasteiger partial charge on any atom is 0.0466 e. The number of fused-ring (bicyclic) bond motifs is 1. The van der Waals surface area contributed by atoms with Crippen LogP contribution in [-0.4, -0.2) is 4.98 Å². The molecule has 2 aromatic rings. The molecule has 0 saturated heterocycles. The van der Waals surface area contributed by atoms with Gasteiger partial charge in [-0.15, -0.1) is 0 Å². The van der Waals surface area contributed by atoms with E-state index in [4.69, 9.17) is 5.84 Å². The number of hydrazine groups is 1. The summed E-state index contributed by atoms with van der Waals surface area (Å²) >= 11 is 0. The quantitative estimate of drug-likeness (QED) is 0.661. The maximum atomic E-state index is 5.77. The van der Waals surface area contributed by atoms with Gasteiger partial charge in [-0.25, -0.2) is 0 Å². The van der Waals surface area contributed by atoms with E-state index in [0.717, 1.165) is 6.42 Å². The zero-order chi connectivity index (χ0) is 13.8. The summed E-state index contributed by atoms with van der Waals surface area (Å²) in [6.07, 6.45) is 8.43. The fourth-order valence-corrected chi connectivity index (χ4v) is 3.28. The highest BCUT2D eigenvalue weighted by Gasteiger charge is 2.23. The standard InChI is InChI=1S/C17H21N3/c18-20-17(14-8-10-19-11-9-14)12-15-6-3-5-13-4-1-2-7-16(13)15/h1-2,4,7-11,15,17,20H,3,5-6,12,18H2. The summed E-state index contributed by atoms with van der Waals surface area (Å²) in [5, 5.41) is 0. The van der Waals surface area contributed by atoms with Gasteiger partial charge in [0.25, 0.3) is 0 Å². The van der Waals surface area contributed by atoms with E-state index >= 15 is 0 Å². The zero-order valence-electron chi connectivity index (χ0n) is 11.6. The van der Waals surface area contributed by atoms with Crippen molar-refractivity contribution in [1.29, 1.82) is 0 Å². The summed E-state index contributed by atoms with van der Waals surface area (Å²) in [5.41, 5.74) is 7.20. The lowest BCUT2D eigenvalue weighted by Gasteiger charge is -2.29. The van der Waals surface area contributed by atoms with Crippen LogP contribution in [0.15, 0.2) is 48.8 Å². The van der Waals surface area contributed by atoms with Gasteiger partial charge in [0.05, 0.1) is 0 Å². The largest absolute Gasteiger partial charge is 0.271 e. The number of aromatic nitrogens is 1. The molecule has 1 aliphatic carbocycles. The second kappa shape index (κ2) is 6.16. The fraction of sp³-hybridized carbons (Fsp3) is 0.353. The van der Waals surface area contributed by atoms with Crippen LogP contribution in [0.5, 0.6) is 0 Å². The summed E-state index contributed by atoms with van der Waals surface area (Å²) in [5.74, 6) is 6.36. The van der Waals surface area contributed by atoms with E-state index in [9.17, 15) is 0 Å². The highest BCUT2D eigenvalue weighted by Crippen LogP contribution is 2.37. The van der Waals surface area contributed by atoms with Crippen molar-refractivity contribution in [1.82, 2.24) is 10.4 Å². The van der Waals surface area contributed by atoms with Crippen LogP contribution in [0.25, 0.3) is 0 Å². The average molecular weight is 267 g/mol. The molecular weight excluding hydrogens is 246 g/mol. The van der Waals surface area contributed by atoms with Gasteiger partial charge in [0.15, 0.2) is 0 Å². The molecular formula is C17H21N3. The summed E-state index contributed by atoms with van der Waals surface area (Å²) in [4.78, 5) is 4.08. The molecule has 0 fully saturated rings. The Morgan fingerprint density at radius 2 is 2.00 bits per heavy atom. The first kappa shape index (κ1) is 13.3. The lowest BCUT2D eigenvalue weighted by atomic mass is 9.79. The monoisotopic (exact) mass is 267 g/mol. The van der Waals surface area contributed by atoms with E-state index in [2.05, 4.69) is 34.7 Å². The summed E-state index contributed by atoms with van der Waals surface area (Å²) in [6, 6.07) is 13.1. The first-order chi connectivity index (χ1) is 9.88. The number of nitrogens with zero attached hydrogens (tertiary/aromatic N) is 1. The number of hydrogen-bond donors (Lipinski definition) is 2. The number of pyridine rings is 1. The first-order valence-corrected chi connectivity index (χ1v) is 7.32. The number of benzene rings is 1. The van der Waals surface area contributed by atoms with Gasteiger partial charge in [0, 0.05) is 18.4 Å². The summed E-state index contributed by atoms with van der Waals surface area (Å²) < 4.78 is 0. The SMILES string of the molecule is NNC(CC1CCCc2ccccc21)c1ccncc1. The Labute approximate surface area is 120 Å². The highest BCUT2D eigenvalue weighted by molar-refractivity contribution is 5.33. The molecule has 1 aromatic carbocycles. The van der Waals surface area contributed by atoms with Gasteiger partial charge in [-0.1, -0.05) is 24.3 Å². The van der Waals surface area contributed by atoms with Crippen LogP contribution in [0.1, 0.15) is 47.9 Å². The average Bonchev–Trinajstić information content (AvgIpc) is 2.53. The predicted octanol–water partition coefficient (Wildman–Crippen LogP) is 3.10. The molecule has 0 amide bonds. The molecule has 0 radical (unpaired) electrons. The van der Waals surface area contributed by atoms with E-state index in [1.807, 2.05) is 24.5 Å². The molecule has 3 heteroatoms. The second-order valence-electron chi connectivity index (χ2n) is 5.52. The van der Waals surface area contributed by atoms with Crippen molar-refractivity contribution in [3.05, 3.63) is 65.5 Å². The van der Waals surface area contributed by atoms with Gasteiger partial charge in [0.1, 0.15) is 0 Å². The van der Waals surface area contributed by atoms with Crippen molar-refractivity contribution in [2.45, 2.75) is 37.6 Å². The minimum atomic E-state index is 0.189. The van der Waals surface area contributed by atoms with Gasteiger partial charge >= 0.3 is 0 Å². The Morgan fingerprint density at radius 1 is 1.20 bits per heavy atom. The zero-order valence-corrected chi connectivity index (χ0v) is 11.6. The van der Waals surface area contributed by atoms with Crippen LogP contribution in [0.3, 0.4) is 0 Å². The molecule has 0 saturated carbocycles. The number of nitrogens with two attached hydrogens (primary N) is 1. The molecule has 20 heavy (non-hydrogen) atoms. The molecule has 1 heterocycles. The number of nitrogens with one attached hydrogen (secondary N) is 1. The maximum absolute atomic E-state index is 5.77. The van der Waals surface area contributed by atoms with Crippen LogP contribution < -0.4 is 11.3 Å². The summed E-state index contributed by atoms with van der Waals surface area (Å²) in [7, 11) is 0. The predicted molar refractivity (Wildman–Crippen MR) is 81.0 cm³/mol. The Bertz CT molecular complexity index is 553. The highest BCUT2D eigenvalue weighted by atomic mass is 15.2. The third-order valence-corrected chi connectivity index (χ3v) is 4.32. The van der Waals surface area contributed by atoms with Crippen molar-refractivity contribution in [2.24, 2.45) is 5.84 Å². The van der Waals surface area contributed by atoms with Crippen molar-refractivity contribution < 1.29 is 0 Å².